The van der Waals surface area contributed by atoms with Crippen LogP contribution in [0, 0.1) is 11.6 Å². The molecule has 0 aliphatic carbocycles. The number of fused-ring (bicyclic) bond motifs is 1. The van der Waals surface area contributed by atoms with Gasteiger partial charge in [-0.2, -0.15) is 5.10 Å². The molecule has 0 unspecified atom stereocenters. The summed E-state index contributed by atoms with van der Waals surface area (Å²) in [5.74, 6) is -4.00. The second-order valence-electron chi connectivity index (χ2n) is 6.78. The summed E-state index contributed by atoms with van der Waals surface area (Å²) in [6.45, 7) is 1.40. The van der Waals surface area contributed by atoms with Crippen molar-refractivity contribution in [3.8, 4) is 11.3 Å². The quantitative estimate of drug-likeness (QED) is 0.473. The van der Waals surface area contributed by atoms with Crippen LogP contribution in [0.25, 0.3) is 22.0 Å². The summed E-state index contributed by atoms with van der Waals surface area (Å²) in [7, 11) is 0. The first kappa shape index (κ1) is 21.2. The highest BCUT2D eigenvalue weighted by molar-refractivity contribution is 7.14. The number of hydrogen-bond donors (Lipinski definition) is 2. The van der Waals surface area contributed by atoms with E-state index in [4.69, 9.17) is 0 Å². The zero-order valence-electron chi connectivity index (χ0n) is 16.4. The first-order chi connectivity index (χ1) is 15.3. The number of carboxylic acid groups (broad SMARTS) is 1. The molecular formula is C21H14F2N4O4S. The highest BCUT2D eigenvalue weighted by Gasteiger charge is 2.23. The number of nitrogens with one attached hydrogen (secondary N) is 1. The van der Waals surface area contributed by atoms with Crippen molar-refractivity contribution in [2.45, 2.75) is 13.0 Å². The van der Waals surface area contributed by atoms with E-state index in [1.807, 2.05) is 0 Å². The molecule has 0 aliphatic rings. The minimum Gasteiger partial charge on any atom is -0.476 e. The number of amides is 1. The minimum absolute atomic E-state index is 0.120. The van der Waals surface area contributed by atoms with Gasteiger partial charge in [0.25, 0.3) is 11.5 Å². The van der Waals surface area contributed by atoms with Crippen LogP contribution < -0.4 is 10.9 Å². The summed E-state index contributed by atoms with van der Waals surface area (Å²) in [5.41, 5.74) is -0.317. The van der Waals surface area contributed by atoms with Crippen LogP contribution in [0.3, 0.4) is 0 Å². The van der Waals surface area contributed by atoms with Gasteiger partial charge in [0.1, 0.15) is 6.04 Å². The number of carbonyl (C=O) groups is 2. The smallest absolute Gasteiger partial charge is 0.357 e. The standard InChI is InChI=1S/C21H14F2N4O4S/c1-10(27-19(29)13-5-3-2-4-12(13)17(26-27)20(30)31)18(28)25-21-24-16(9-32-21)11-6-7-14(22)15(23)8-11/h2-10H,1H3,(H,30,31)(H,24,25,28)/t10-/m0/s1. The Morgan fingerprint density at radius 1 is 1.12 bits per heavy atom. The number of carboxylic acids is 1. The lowest BCUT2D eigenvalue weighted by atomic mass is 10.1. The molecule has 0 fully saturated rings. The van der Waals surface area contributed by atoms with Gasteiger partial charge in [0.15, 0.2) is 22.5 Å². The van der Waals surface area contributed by atoms with E-state index < -0.39 is 35.1 Å². The van der Waals surface area contributed by atoms with Crippen LogP contribution in [0.2, 0.25) is 0 Å². The van der Waals surface area contributed by atoms with E-state index in [1.165, 1.54) is 25.1 Å². The number of benzene rings is 2. The molecule has 4 rings (SSSR count). The van der Waals surface area contributed by atoms with Crippen LogP contribution in [-0.4, -0.2) is 31.7 Å². The van der Waals surface area contributed by atoms with Crippen LogP contribution in [0.5, 0.6) is 0 Å². The molecule has 2 aromatic carbocycles. The average Bonchev–Trinajstić information content (AvgIpc) is 3.24. The zero-order chi connectivity index (χ0) is 23.0. The Morgan fingerprint density at radius 2 is 1.84 bits per heavy atom. The number of nitrogens with zero attached hydrogens (tertiary/aromatic N) is 3. The molecule has 32 heavy (non-hydrogen) atoms. The number of aromatic carboxylic acids is 1. The van der Waals surface area contributed by atoms with E-state index in [9.17, 15) is 28.3 Å². The van der Waals surface area contributed by atoms with Crippen LogP contribution in [0.1, 0.15) is 23.5 Å². The van der Waals surface area contributed by atoms with Gasteiger partial charge in [-0.05, 0) is 31.2 Å². The van der Waals surface area contributed by atoms with E-state index in [0.29, 0.717) is 11.3 Å². The van der Waals surface area contributed by atoms with Gasteiger partial charge in [0.05, 0.1) is 11.1 Å². The van der Waals surface area contributed by atoms with Crippen molar-refractivity contribution < 1.29 is 23.5 Å². The van der Waals surface area contributed by atoms with Crippen molar-refractivity contribution in [1.29, 1.82) is 0 Å². The summed E-state index contributed by atoms with van der Waals surface area (Å²) in [5, 5.41) is 17.9. The first-order valence-corrected chi connectivity index (χ1v) is 10.1. The van der Waals surface area contributed by atoms with Crippen molar-refractivity contribution >= 4 is 39.1 Å². The highest BCUT2D eigenvalue weighted by Crippen LogP contribution is 2.26. The van der Waals surface area contributed by atoms with Gasteiger partial charge >= 0.3 is 5.97 Å². The van der Waals surface area contributed by atoms with Crippen molar-refractivity contribution in [2.24, 2.45) is 0 Å². The average molecular weight is 456 g/mol. The molecule has 0 bridgehead atoms. The van der Waals surface area contributed by atoms with Gasteiger partial charge in [0.2, 0.25) is 0 Å². The predicted molar refractivity (Wildman–Crippen MR) is 114 cm³/mol. The van der Waals surface area contributed by atoms with Gasteiger partial charge in [-0.1, -0.05) is 18.2 Å². The maximum atomic E-state index is 13.5. The highest BCUT2D eigenvalue weighted by atomic mass is 32.1. The molecule has 2 heterocycles. The summed E-state index contributed by atoms with van der Waals surface area (Å²) in [6.07, 6.45) is 0. The first-order valence-electron chi connectivity index (χ1n) is 9.23. The fourth-order valence-corrected chi connectivity index (χ4v) is 3.79. The lowest BCUT2D eigenvalue weighted by Gasteiger charge is -2.15. The summed E-state index contributed by atoms with van der Waals surface area (Å²) < 4.78 is 27.4. The Bertz CT molecular complexity index is 1430. The second kappa shape index (κ2) is 8.27. The molecule has 0 spiro atoms. The van der Waals surface area contributed by atoms with E-state index in [2.05, 4.69) is 15.4 Å². The third-order valence-corrected chi connectivity index (χ3v) is 5.48. The van der Waals surface area contributed by atoms with Crippen molar-refractivity contribution in [2.75, 3.05) is 5.32 Å². The largest absolute Gasteiger partial charge is 0.476 e. The van der Waals surface area contributed by atoms with Crippen LogP contribution >= 0.6 is 11.3 Å². The maximum Gasteiger partial charge on any atom is 0.357 e. The molecule has 0 saturated carbocycles. The third kappa shape index (κ3) is 3.85. The van der Waals surface area contributed by atoms with E-state index >= 15 is 0 Å². The van der Waals surface area contributed by atoms with Crippen molar-refractivity contribution in [3.63, 3.8) is 0 Å². The van der Waals surface area contributed by atoms with E-state index in [-0.39, 0.29) is 21.6 Å². The summed E-state index contributed by atoms with van der Waals surface area (Å²) >= 11 is 1.05. The molecule has 1 atom stereocenters. The lowest BCUT2D eigenvalue weighted by Crippen LogP contribution is -2.34. The van der Waals surface area contributed by atoms with Crippen molar-refractivity contribution in [3.05, 3.63) is 75.5 Å². The van der Waals surface area contributed by atoms with Gasteiger partial charge in [-0.15, -0.1) is 11.3 Å². The number of aromatic nitrogens is 3. The van der Waals surface area contributed by atoms with Crippen LogP contribution in [0.15, 0.2) is 52.6 Å². The number of rotatable bonds is 5. The molecule has 0 radical (unpaired) electrons. The van der Waals surface area contributed by atoms with Gasteiger partial charge < -0.3 is 10.4 Å². The molecule has 8 nitrogen and oxygen atoms in total. The molecule has 2 aromatic heterocycles. The van der Waals surface area contributed by atoms with Crippen LogP contribution in [-0.2, 0) is 4.79 Å². The molecule has 2 N–H and O–H groups in total. The fraction of sp³-hybridized carbons (Fsp3) is 0.0952. The van der Waals surface area contributed by atoms with E-state index in [1.54, 1.807) is 17.5 Å². The minimum atomic E-state index is -1.33. The van der Waals surface area contributed by atoms with Gasteiger partial charge in [-0.25, -0.2) is 23.2 Å². The Hall–Kier alpha value is -3.99. The lowest BCUT2D eigenvalue weighted by molar-refractivity contribution is -0.119. The Morgan fingerprint density at radius 3 is 2.53 bits per heavy atom. The molecular weight excluding hydrogens is 442 g/mol. The Balaban J connectivity index is 1.62. The number of carbonyl (C=O) groups excluding carboxylic acids is 1. The number of thiazole rings is 1. The van der Waals surface area contributed by atoms with Crippen molar-refractivity contribution in [1.82, 2.24) is 14.8 Å². The molecule has 162 valence electrons. The molecule has 1 amide bonds. The zero-order valence-corrected chi connectivity index (χ0v) is 17.2. The molecule has 0 aliphatic heterocycles. The summed E-state index contributed by atoms with van der Waals surface area (Å²) in [4.78, 5) is 41.3. The maximum absolute atomic E-state index is 13.5. The Kier molecular flexibility index (Phi) is 5.49. The Labute approximate surface area is 182 Å². The van der Waals surface area contributed by atoms with E-state index in [0.717, 1.165) is 28.2 Å². The third-order valence-electron chi connectivity index (χ3n) is 4.73. The summed E-state index contributed by atoms with van der Waals surface area (Å²) in [6, 6.07) is 8.27. The fourth-order valence-electron chi connectivity index (χ4n) is 3.07. The monoisotopic (exact) mass is 456 g/mol. The normalized spacial score (nSPS) is 12.0. The molecule has 11 heteroatoms. The molecule has 4 aromatic rings. The van der Waals surface area contributed by atoms with Gasteiger partial charge in [0, 0.05) is 16.3 Å². The van der Waals surface area contributed by atoms with Crippen LogP contribution in [0.4, 0.5) is 13.9 Å². The second-order valence-corrected chi connectivity index (χ2v) is 7.64. The predicted octanol–water partition coefficient (Wildman–Crippen LogP) is 3.70. The SMILES string of the molecule is C[C@@H](C(=O)Nc1nc(-c2ccc(F)c(F)c2)cs1)n1nc(C(=O)O)c2ccccc2c1=O. The number of anilines is 1. The van der Waals surface area contributed by atoms with Gasteiger partial charge in [-0.3, -0.25) is 9.59 Å². The molecule has 0 saturated heterocycles. The number of halogens is 2. The topological polar surface area (TPSA) is 114 Å². The number of hydrogen-bond acceptors (Lipinski definition) is 6.